The number of allylic oxidation sites excluding steroid dienone is 3. The Morgan fingerprint density at radius 1 is 1.17 bits per heavy atom. The van der Waals surface area contributed by atoms with Gasteiger partial charge in [-0.1, -0.05) is 49.0 Å². The molecule has 0 radical (unpaired) electrons. The number of rotatable bonds is 4. The van der Waals surface area contributed by atoms with Crippen LogP contribution in [-0.4, -0.2) is 0 Å². The minimum absolute atomic E-state index is 0.586. The largest absolute Gasteiger partial charge is 0.456 e. The fourth-order valence-electron chi connectivity index (χ4n) is 2.58. The van der Waals surface area contributed by atoms with Crippen LogP contribution in [0.25, 0.3) is 0 Å². The topological polar surface area (TPSA) is 33.0 Å². The van der Waals surface area contributed by atoms with Gasteiger partial charge in [-0.15, -0.1) is 0 Å². The van der Waals surface area contributed by atoms with Crippen LogP contribution < -0.4 is 4.74 Å². The van der Waals surface area contributed by atoms with Crippen molar-refractivity contribution < 1.29 is 4.74 Å². The first-order chi connectivity index (χ1) is 11.7. The molecule has 1 unspecified atom stereocenters. The van der Waals surface area contributed by atoms with Crippen LogP contribution in [0.15, 0.2) is 70.5 Å². The van der Waals surface area contributed by atoms with Crippen LogP contribution in [0, 0.1) is 24.2 Å². The highest BCUT2D eigenvalue weighted by molar-refractivity contribution is 8.03. The minimum Gasteiger partial charge on any atom is -0.456 e. The first-order valence-corrected chi connectivity index (χ1v) is 8.81. The predicted octanol–water partition coefficient (Wildman–Crippen LogP) is 6.23. The van der Waals surface area contributed by atoms with Gasteiger partial charge in [0.1, 0.15) is 17.6 Å². The summed E-state index contributed by atoms with van der Waals surface area (Å²) in [4.78, 5) is 2.46. The first-order valence-electron chi connectivity index (χ1n) is 7.99. The van der Waals surface area contributed by atoms with E-state index in [2.05, 4.69) is 43.4 Å². The summed E-state index contributed by atoms with van der Waals surface area (Å²) in [6.07, 6.45) is 7.84. The van der Waals surface area contributed by atoms with Crippen molar-refractivity contribution in [1.82, 2.24) is 0 Å². The Balaban J connectivity index is 1.73. The monoisotopic (exact) mass is 333 g/mol. The van der Waals surface area contributed by atoms with Crippen molar-refractivity contribution in [2.75, 3.05) is 0 Å². The van der Waals surface area contributed by atoms with Gasteiger partial charge in [-0.3, -0.25) is 0 Å². The Hall–Kier alpha value is -2.44. The molecule has 1 atom stereocenters. The molecule has 0 saturated carbocycles. The molecule has 0 aromatic heterocycles. The molecule has 0 bridgehead atoms. The van der Waals surface area contributed by atoms with Gasteiger partial charge in [0, 0.05) is 9.80 Å². The zero-order valence-electron chi connectivity index (χ0n) is 13.8. The highest BCUT2D eigenvalue weighted by atomic mass is 32.2. The summed E-state index contributed by atoms with van der Waals surface area (Å²) in [7, 11) is 0. The van der Waals surface area contributed by atoms with Crippen molar-refractivity contribution in [3.05, 3.63) is 76.7 Å². The molecule has 0 fully saturated rings. The molecular formula is C21H19NOS. The molecule has 1 aliphatic carbocycles. The van der Waals surface area contributed by atoms with Crippen LogP contribution in [0.1, 0.15) is 24.5 Å². The molecule has 3 heteroatoms. The molecule has 0 heterocycles. The van der Waals surface area contributed by atoms with Gasteiger partial charge in [0.05, 0.1) is 5.56 Å². The Labute approximate surface area is 147 Å². The quantitative estimate of drug-likeness (QED) is 0.665. The zero-order valence-corrected chi connectivity index (χ0v) is 14.6. The van der Waals surface area contributed by atoms with E-state index in [4.69, 9.17) is 4.74 Å². The van der Waals surface area contributed by atoms with Gasteiger partial charge in [0.2, 0.25) is 0 Å². The lowest BCUT2D eigenvalue weighted by Crippen LogP contribution is -1.93. The molecular weight excluding hydrogens is 314 g/mol. The second-order valence-corrected chi connectivity index (χ2v) is 7.07. The van der Waals surface area contributed by atoms with Crippen LogP contribution in [0.5, 0.6) is 11.5 Å². The number of thioether (sulfide) groups is 1. The van der Waals surface area contributed by atoms with E-state index in [0.717, 1.165) is 17.7 Å². The molecule has 0 amide bonds. The molecule has 0 aliphatic heterocycles. The fraction of sp³-hybridized carbons (Fsp3) is 0.190. The second-order valence-electron chi connectivity index (χ2n) is 5.92. The van der Waals surface area contributed by atoms with E-state index in [0.29, 0.717) is 17.2 Å². The van der Waals surface area contributed by atoms with Crippen LogP contribution in [0.2, 0.25) is 0 Å². The standard InChI is InChI=1S/C21H19NOS/c1-15-5-3-7-19(13-15)24-18-11-9-17(10-12-18)23-21-8-4-6-16(2)20(21)14-22/h3-4,6-13,15H,5H2,1-2H3. The van der Waals surface area contributed by atoms with E-state index >= 15 is 0 Å². The van der Waals surface area contributed by atoms with Gasteiger partial charge in [-0.05, 0) is 55.2 Å². The predicted molar refractivity (Wildman–Crippen MR) is 99.3 cm³/mol. The molecule has 2 aromatic rings. The number of aryl methyl sites for hydroxylation is 1. The maximum absolute atomic E-state index is 9.28. The Morgan fingerprint density at radius 2 is 1.96 bits per heavy atom. The first kappa shape index (κ1) is 16.4. The number of ether oxygens (including phenoxy) is 1. The Bertz CT molecular complexity index is 828. The molecule has 2 nitrogen and oxygen atoms in total. The number of hydrogen-bond acceptors (Lipinski definition) is 3. The molecule has 120 valence electrons. The molecule has 1 aliphatic rings. The Morgan fingerprint density at radius 3 is 2.67 bits per heavy atom. The van der Waals surface area contributed by atoms with Gasteiger partial charge in [-0.25, -0.2) is 0 Å². The lowest BCUT2D eigenvalue weighted by atomic mass is 10.0. The Kier molecular flexibility index (Phi) is 5.08. The van der Waals surface area contributed by atoms with Crippen LogP contribution in [-0.2, 0) is 0 Å². The van der Waals surface area contributed by atoms with Gasteiger partial charge < -0.3 is 4.74 Å². The molecule has 0 spiro atoms. The van der Waals surface area contributed by atoms with Crippen molar-refractivity contribution in [1.29, 1.82) is 5.26 Å². The van der Waals surface area contributed by atoms with Crippen LogP contribution in [0.3, 0.4) is 0 Å². The van der Waals surface area contributed by atoms with Crippen LogP contribution in [0.4, 0.5) is 0 Å². The summed E-state index contributed by atoms with van der Waals surface area (Å²) >= 11 is 1.76. The third-order valence-electron chi connectivity index (χ3n) is 3.87. The number of nitrogens with zero attached hydrogens (tertiary/aromatic N) is 1. The zero-order chi connectivity index (χ0) is 16.9. The fourth-order valence-corrected chi connectivity index (χ4v) is 3.59. The minimum atomic E-state index is 0.586. The third kappa shape index (κ3) is 3.90. The normalized spacial score (nSPS) is 16.4. The van der Waals surface area contributed by atoms with Gasteiger partial charge in [-0.2, -0.15) is 5.26 Å². The maximum Gasteiger partial charge on any atom is 0.145 e. The van der Waals surface area contributed by atoms with E-state index in [1.165, 1.54) is 9.80 Å². The molecule has 3 rings (SSSR count). The van der Waals surface area contributed by atoms with Gasteiger partial charge >= 0.3 is 0 Å². The summed E-state index contributed by atoms with van der Waals surface area (Å²) in [6.45, 7) is 4.15. The summed E-state index contributed by atoms with van der Waals surface area (Å²) < 4.78 is 5.88. The van der Waals surface area contributed by atoms with E-state index in [9.17, 15) is 5.26 Å². The van der Waals surface area contributed by atoms with E-state index in [-0.39, 0.29) is 0 Å². The number of hydrogen-bond donors (Lipinski definition) is 0. The van der Waals surface area contributed by atoms with Crippen LogP contribution >= 0.6 is 11.8 Å². The highest BCUT2D eigenvalue weighted by Gasteiger charge is 2.08. The second kappa shape index (κ2) is 7.42. The average Bonchev–Trinajstić information content (AvgIpc) is 2.57. The van der Waals surface area contributed by atoms with Gasteiger partial charge in [0.15, 0.2) is 0 Å². The SMILES string of the molecule is Cc1cccc(Oc2ccc(SC3=CC(C)CC=C3)cc2)c1C#N. The van der Waals surface area contributed by atoms with Crippen molar-refractivity contribution in [2.45, 2.75) is 25.2 Å². The van der Waals surface area contributed by atoms with Crippen molar-refractivity contribution >= 4 is 11.8 Å². The third-order valence-corrected chi connectivity index (χ3v) is 4.89. The summed E-state index contributed by atoms with van der Waals surface area (Å²) in [5, 5.41) is 9.28. The molecule has 0 saturated heterocycles. The lowest BCUT2D eigenvalue weighted by molar-refractivity contribution is 0.480. The molecule has 24 heavy (non-hydrogen) atoms. The van der Waals surface area contributed by atoms with Crippen molar-refractivity contribution in [2.24, 2.45) is 5.92 Å². The van der Waals surface area contributed by atoms with E-state index in [1.807, 2.05) is 37.3 Å². The number of benzene rings is 2. The maximum atomic E-state index is 9.28. The number of nitriles is 1. The highest BCUT2D eigenvalue weighted by Crippen LogP contribution is 2.33. The summed E-state index contributed by atoms with van der Waals surface area (Å²) in [5.41, 5.74) is 1.51. The smallest absolute Gasteiger partial charge is 0.145 e. The van der Waals surface area contributed by atoms with Crippen molar-refractivity contribution in [3.63, 3.8) is 0 Å². The van der Waals surface area contributed by atoms with Crippen molar-refractivity contribution in [3.8, 4) is 17.6 Å². The lowest BCUT2D eigenvalue weighted by Gasteiger charge is -2.12. The van der Waals surface area contributed by atoms with E-state index in [1.54, 1.807) is 11.8 Å². The molecule has 2 aromatic carbocycles. The summed E-state index contributed by atoms with van der Waals surface area (Å²) in [6, 6.07) is 15.8. The molecule has 0 N–H and O–H groups in total. The van der Waals surface area contributed by atoms with Gasteiger partial charge in [0.25, 0.3) is 0 Å². The average molecular weight is 333 g/mol. The van der Waals surface area contributed by atoms with E-state index < -0.39 is 0 Å². The summed E-state index contributed by atoms with van der Waals surface area (Å²) in [5.74, 6) is 1.94.